The monoisotopic (exact) mass is 253 g/mol. The molecule has 1 aromatic carbocycles. The van der Waals surface area contributed by atoms with E-state index in [9.17, 15) is 14.3 Å². The van der Waals surface area contributed by atoms with Crippen LogP contribution in [0.5, 0.6) is 0 Å². The molecule has 0 bridgehead atoms. The van der Waals surface area contributed by atoms with Crippen LogP contribution >= 0.6 is 0 Å². The molecule has 18 heavy (non-hydrogen) atoms. The third kappa shape index (κ3) is 4.11. The first-order chi connectivity index (χ1) is 8.50. The maximum absolute atomic E-state index is 13.3. The molecule has 0 aromatic heterocycles. The average molecular weight is 253 g/mol. The molecule has 0 saturated carbocycles. The van der Waals surface area contributed by atoms with E-state index in [4.69, 9.17) is 0 Å². The number of carbonyl (C=O) groups is 1. The Bertz CT molecular complexity index is 403. The van der Waals surface area contributed by atoms with E-state index in [1.54, 1.807) is 18.2 Å². The average Bonchev–Trinajstić information content (AvgIpc) is 2.39. The van der Waals surface area contributed by atoms with Crippen molar-refractivity contribution in [3.05, 3.63) is 35.6 Å². The normalized spacial score (nSPS) is 11.3. The highest BCUT2D eigenvalue weighted by molar-refractivity contribution is 5.78. The highest BCUT2D eigenvalue weighted by Gasteiger charge is 2.22. The van der Waals surface area contributed by atoms with Crippen LogP contribution < -0.4 is 5.32 Å². The van der Waals surface area contributed by atoms with Crippen LogP contribution in [-0.2, 0) is 11.2 Å². The van der Waals surface area contributed by atoms with Crippen molar-refractivity contribution >= 4 is 5.91 Å². The molecule has 1 amide bonds. The first kappa shape index (κ1) is 14.6. The van der Waals surface area contributed by atoms with Crippen molar-refractivity contribution in [1.82, 2.24) is 5.32 Å². The lowest BCUT2D eigenvalue weighted by molar-refractivity contribution is -0.121. The fourth-order valence-electron chi connectivity index (χ4n) is 1.64. The molecule has 0 saturated heterocycles. The fraction of sp³-hybridized carbons (Fsp3) is 0.500. The lowest BCUT2D eigenvalue weighted by Gasteiger charge is -2.25. The molecule has 0 unspecified atom stereocenters. The van der Waals surface area contributed by atoms with Gasteiger partial charge in [0, 0.05) is 6.54 Å². The Morgan fingerprint density at radius 2 is 1.94 bits per heavy atom. The minimum atomic E-state index is -0.870. The van der Waals surface area contributed by atoms with Crippen LogP contribution in [0.15, 0.2) is 24.3 Å². The van der Waals surface area contributed by atoms with Crippen LogP contribution in [0.2, 0.25) is 0 Å². The van der Waals surface area contributed by atoms with Gasteiger partial charge < -0.3 is 10.4 Å². The maximum Gasteiger partial charge on any atom is 0.224 e. The van der Waals surface area contributed by atoms with Gasteiger partial charge in [0.1, 0.15) is 5.82 Å². The number of carbonyl (C=O) groups excluding carboxylic acids is 1. The molecule has 1 rings (SSSR count). The zero-order chi connectivity index (χ0) is 13.6. The highest BCUT2D eigenvalue weighted by atomic mass is 19.1. The molecular formula is C14H20FNO2. The summed E-state index contributed by atoms with van der Waals surface area (Å²) in [6.45, 7) is 3.94. The summed E-state index contributed by atoms with van der Waals surface area (Å²) >= 11 is 0. The lowest BCUT2D eigenvalue weighted by atomic mass is 9.97. The zero-order valence-corrected chi connectivity index (χ0v) is 10.9. The van der Waals surface area contributed by atoms with Crippen molar-refractivity contribution < 1.29 is 14.3 Å². The van der Waals surface area contributed by atoms with E-state index in [1.807, 2.05) is 13.8 Å². The molecule has 0 aliphatic rings. The van der Waals surface area contributed by atoms with Crippen LogP contribution in [0.1, 0.15) is 32.3 Å². The second kappa shape index (κ2) is 6.50. The number of rotatable bonds is 6. The zero-order valence-electron chi connectivity index (χ0n) is 10.9. The number of nitrogens with one attached hydrogen (secondary N) is 1. The van der Waals surface area contributed by atoms with E-state index in [0.29, 0.717) is 18.4 Å². The van der Waals surface area contributed by atoms with E-state index in [2.05, 4.69) is 5.32 Å². The number of halogens is 1. The topological polar surface area (TPSA) is 49.3 Å². The van der Waals surface area contributed by atoms with Gasteiger partial charge in [0.15, 0.2) is 0 Å². The molecule has 0 spiro atoms. The van der Waals surface area contributed by atoms with Crippen molar-refractivity contribution in [3.8, 4) is 0 Å². The van der Waals surface area contributed by atoms with E-state index in [0.717, 1.165) is 0 Å². The molecule has 0 atom stereocenters. The summed E-state index contributed by atoms with van der Waals surface area (Å²) in [5.41, 5.74) is -0.503. The molecule has 1 aromatic rings. The van der Waals surface area contributed by atoms with Crippen LogP contribution in [0.3, 0.4) is 0 Å². The highest BCUT2D eigenvalue weighted by Crippen LogP contribution is 2.13. The summed E-state index contributed by atoms with van der Waals surface area (Å²) in [7, 11) is 0. The summed E-state index contributed by atoms with van der Waals surface area (Å²) in [5.74, 6) is -0.658. The van der Waals surface area contributed by atoms with Gasteiger partial charge in [-0.25, -0.2) is 4.39 Å². The van der Waals surface area contributed by atoms with E-state index in [1.165, 1.54) is 6.07 Å². The van der Waals surface area contributed by atoms with Gasteiger partial charge in [0.05, 0.1) is 12.0 Å². The second-order valence-corrected chi connectivity index (χ2v) is 4.48. The molecule has 0 radical (unpaired) electrons. The van der Waals surface area contributed by atoms with Gasteiger partial charge in [-0.1, -0.05) is 32.0 Å². The molecule has 0 aliphatic carbocycles. The quantitative estimate of drug-likeness (QED) is 0.815. The number of amides is 1. The Morgan fingerprint density at radius 3 is 2.50 bits per heavy atom. The molecule has 2 N–H and O–H groups in total. The summed E-state index contributed by atoms with van der Waals surface area (Å²) in [6, 6.07) is 6.20. The SMILES string of the molecule is CCC(O)(CC)CNC(=O)Cc1ccccc1F. The predicted octanol–water partition coefficient (Wildman–Crippen LogP) is 2.04. The van der Waals surface area contributed by atoms with Crippen LogP contribution in [0.4, 0.5) is 4.39 Å². The largest absolute Gasteiger partial charge is 0.388 e. The second-order valence-electron chi connectivity index (χ2n) is 4.48. The van der Waals surface area contributed by atoms with Gasteiger partial charge in [-0.05, 0) is 24.5 Å². The first-order valence-electron chi connectivity index (χ1n) is 6.23. The number of benzene rings is 1. The van der Waals surface area contributed by atoms with Crippen LogP contribution in [0, 0.1) is 5.82 Å². The predicted molar refractivity (Wildman–Crippen MR) is 68.6 cm³/mol. The van der Waals surface area contributed by atoms with Gasteiger partial charge in [0.2, 0.25) is 5.91 Å². The molecule has 0 aliphatic heterocycles. The standard InChI is InChI=1S/C14H20FNO2/c1-3-14(18,4-2)10-16-13(17)9-11-7-5-6-8-12(11)15/h5-8,18H,3-4,9-10H2,1-2H3,(H,16,17). The number of hydrogen-bond donors (Lipinski definition) is 2. The third-order valence-corrected chi connectivity index (χ3v) is 3.24. The minimum absolute atomic E-state index is 0.00379. The smallest absolute Gasteiger partial charge is 0.224 e. The molecule has 3 nitrogen and oxygen atoms in total. The van der Waals surface area contributed by atoms with Gasteiger partial charge >= 0.3 is 0 Å². The Kier molecular flexibility index (Phi) is 5.28. The van der Waals surface area contributed by atoms with Gasteiger partial charge in [-0.15, -0.1) is 0 Å². The number of aliphatic hydroxyl groups is 1. The Hall–Kier alpha value is -1.42. The molecule has 0 heterocycles. The lowest BCUT2D eigenvalue weighted by Crippen LogP contribution is -2.42. The third-order valence-electron chi connectivity index (χ3n) is 3.24. The Morgan fingerprint density at radius 1 is 1.33 bits per heavy atom. The molecule has 100 valence electrons. The molecular weight excluding hydrogens is 233 g/mol. The Labute approximate surface area is 107 Å². The van der Waals surface area contributed by atoms with Crippen molar-refractivity contribution in [2.45, 2.75) is 38.7 Å². The van der Waals surface area contributed by atoms with Crippen molar-refractivity contribution in [2.24, 2.45) is 0 Å². The van der Waals surface area contributed by atoms with E-state index in [-0.39, 0.29) is 24.7 Å². The fourth-order valence-corrected chi connectivity index (χ4v) is 1.64. The number of hydrogen-bond acceptors (Lipinski definition) is 2. The van der Waals surface area contributed by atoms with Crippen molar-refractivity contribution in [1.29, 1.82) is 0 Å². The molecule has 0 fully saturated rings. The van der Waals surface area contributed by atoms with Crippen LogP contribution in [-0.4, -0.2) is 23.2 Å². The summed E-state index contributed by atoms with van der Waals surface area (Å²) in [4.78, 5) is 11.7. The van der Waals surface area contributed by atoms with Gasteiger partial charge in [-0.2, -0.15) is 0 Å². The van der Waals surface area contributed by atoms with E-state index < -0.39 is 5.60 Å². The van der Waals surface area contributed by atoms with Gasteiger partial charge in [-0.3, -0.25) is 4.79 Å². The summed E-state index contributed by atoms with van der Waals surface area (Å²) < 4.78 is 13.3. The maximum atomic E-state index is 13.3. The Balaban J connectivity index is 2.50. The van der Waals surface area contributed by atoms with E-state index >= 15 is 0 Å². The van der Waals surface area contributed by atoms with Gasteiger partial charge in [0.25, 0.3) is 0 Å². The first-order valence-corrected chi connectivity index (χ1v) is 6.23. The van der Waals surface area contributed by atoms with Crippen LogP contribution in [0.25, 0.3) is 0 Å². The van der Waals surface area contributed by atoms with Crippen molar-refractivity contribution in [3.63, 3.8) is 0 Å². The van der Waals surface area contributed by atoms with Crippen molar-refractivity contribution in [2.75, 3.05) is 6.54 Å². The summed E-state index contributed by atoms with van der Waals surface area (Å²) in [5, 5.41) is 12.7. The summed E-state index contributed by atoms with van der Waals surface area (Å²) in [6.07, 6.45) is 1.14. The minimum Gasteiger partial charge on any atom is -0.388 e. The molecule has 4 heteroatoms.